The monoisotopic (exact) mass is 436 g/mol. The maximum Gasteiger partial charge on any atom is 0.252 e. The van der Waals surface area contributed by atoms with Gasteiger partial charge < -0.3 is 10.1 Å². The molecule has 1 amide bonds. The normalized spacial score (nSPS) is 14.6. The van der Waals surface area contributed by atoms with Crippen molar-refractivity contribution in [1.29, 1.82) is 0 Å². The van der Waals surface area contributed by atoms with Crippen LogP contribution in [-0.2, 0) is 16.3 Å². The number of ether oxygens (including phenoxy) is 1. The number of rotatable bonds is 6. The Morgan fingerprint density at radius 2 is 1.87 bits per heavy atom. The second kappa shape index (κ2) is 8.51. The Labute approximate surface area is 181 Å². The maximum atomic E-state index is 13.1. The number of hydrogen-bond acceptors (Lipinski definition) is 5. The Morgan fingerprint density at radius 3 is 2.58 bits per heavy atom. The molecule has 0 bridgehead atoms. The molecule has 31 heavy (non-hydrogen) atoms. The number of nitrogens with one attached hydrogen (secondary N) is 1. The van der Waals surface area contributed by atoms with Crippen LogP contribution < -0.4 is 10.1 Å². The first-order chi connectivity index (χ1) is 14.9. The molecule has 0 fully saturated rings. The smallest absolute Gasteiger partial charge is 0.252 e. The number of para-hydroxylation sites is 1. The second-order valence-electron chi connectivity index (χ2n) is 7.66. The van der Waals surface area contributed by atoms with Crippen molar-refractivity contribution in [3.63, 3.8) is 0 Å². The molecule has 7 heteroatoms. The number of sulfone groups is 1. The molecule has 0 radical (unpaired) electrons. The molecule has 0 atom stereocenters. The number of benzene rings is 2. The maximum absolute atomic E-state index is 13.1. The van der Waals surface area contributed by atoms with Crippen molar-refractivity contribution >= 4 is 38.3 Å². The molecule has 4 rings (SSSR count). The number of carbonyl (C=O) groups is 1. The summed E-state index contributed by atoms with van der Waals surface area (Å²) in [5, 5.41) is 3.56. The summed E-state index contributed by atoms with van der Waals surface area (Å²) in [4.78, 5) is 17.9. The highest BCUT2D eigenvalue weighted by atomic mass is 32.2. The van der Waals surface area contributed by atoms with Gasteiger partial charge in [0.25, 0.3) is 5.91 Å². The topological polar surface area (TPSA) is 85.4 Å². The molecular weight excluding hydrogens is 412 g/mol. The van der Waals surface area contributed by atoms with Gasteiger partial charge in [0, 0.05) is 18.2 Å². The van der Waals surface area contributed by atoms with Crippen molar-refractivity contribution in [2.75, 3.05) is 25.7 Å². The van der Waals surface area contributed by atoms with Crippen LogP contribution in [0.1, 0.15) is 33.6 Å². The van der Waals surface area contributed by atoms with Gasteiger partial charge in [-0.2, -0.15) is 0 Å². The van der Waals surface area contributed by atoms with Crippen LogP contribution in [0.5, 0.6) is 5.75 Å². The van der Waals surface area contributed by atoms with E-state index in [9.17, 15) is 13.2 Å². The lowest BCUT2D eigenvalue weighted by Gasteiger charge is -2.13. The third-order valence-electron chi connectivity index (χ3n) is 5.38. The van der Waals surface area contributed by atoms with Crippen molar-refractivity contribution in [1.82, 2.24) is 10.3 Å². The predicted molar refractivity (Wildman–Crippen MR) is 123 cm³/mol. The van der Waals surface area contributed by atoms with E-state index in [1.54, 1.807) is 7.11 Å². The van der Waals surface area contributed by atoms with Crippen LogP contribution in [0, 0.1) is 0 Å². The lowest BCUT2D eigenvalue weighted by Crippen LogP contribution is -2.29. The van der Waals surface area contributed by atoms with Gasteiger partial charge in [-0.1, -0.05) is 30.3 Å². The summed E-state index contributed by atoms with van der Waals surface area (Å²) in [5.74, 6) is 0.447. The molecule has 160 valence electrons. The number of aromatic nitrogens is 1. The van der Waals surface area contributed by atoms with Crippen molar-refractivity contribution in [2.45, 2.75) is 12.8 Å². The Hall–Kier alpha value is -3.19. The van der Waals surface area contributed by atoms with Crippen molar-refractivity contribution in [2.24, 2.45) is 0 Å². The van der Waals surface area contributed by atoms with Gasteiger partial charge >= 0.3 is 0 Å². The minimum absolute atomic E-state index is 0.0810. The van der Waals surface area contributed by atoms with Gasteiger partial charge in [-0.3, -0.25) is 4.79 Å². The average Bonchev–Trinajstić information content (AvgIpc) is 3.13. The van der Waals surface area contributed by atoms with E-state index in [0.29, 0.717) is 12.0 Å². The lowest BCUT2D eigenvalue weighted by atomic mass is 10.00. The van der Waals surface area contributed by atoms with E-state index in [2.05, 4.69) is 11.4 Å². The second-order valence-corrected chi connectivity index (χ2v) is 9.92. The summed E-state index contributed by atoms with van der Waals surface area (Å²) >= 11 is 0. The summed E-state index contributed by atoms with van der Waals surface area (Å²) < 4.78 is 28.1. The molecule has 2 aromatic carbocycles. The Kier molecular flexibility index (Phi) is 5.78. The molecule has 0 unspecified atom stereocenters. The number of pyridine rings is 1. The van der Waals surface area contributed by atoms with Crippen LogP contribution in [-0.4, -0.2) is 45.0 Å². The van der Waals surface area contributed by atoms with E-state index < -0.39 is 9.84 Å². The van der Waals surface area contributed by atoms with E-state index in [1.807, 2.05) is 48.5 Å². The molecule has 6 nitrogen and oxygen atoms in total. The molecule has 3 aromatic rings. The number of nitrogens with zero attached hydrogens (tertiary/aromatic N) is 1. The lowest BCUT2D eigenvalue weighted by molar-refractivity contribution is 0.0957. The molecule has 1 N–H and O–H groups in total. The number of fused-ring (bicyclic) bond motifs is 2. The van der Waals surface area contributed by atoms with Crippen LogP contribution in [0.2, 0.25) is 0 Å². The van der Waals surface area contributed by atoms with Crippen LogP contribution >= 0.6 is 0 Å². The fraction of sp³-hybridized carbons (Fsp3) is 0.250. The minimum Gasteiger partial charge on any atom is -0.497 e. The van der Waals surface area contributed by atoms with Gasteiger partial charge in [-0.05, 0) is 53.8 Å². The third kappa shape index (κ3) is 4.61. The zero-order valence-corrected chi connectivity index (χ0v) is 18.3. The first-order valence-electron chi connectivity index (χ1n) is 10.1. The van der Waals surface area contributed by atoms with Gasteiger partial charge in [0.1, 0.15) is 15.6 Å². The van der Waals surface area contributed by atoms with E-state index in [0.717, 1.165) is 51.7 Å². The largest absolute Gasteiger partial charge is 0.497 e. The number of carbonyl (C=O) groups excluding carboxylic acids is 1. The predicted octanol–water partition coefficient (Wildman–Crippen LogP) is 3.50. The van der Waals surface area contributed by atoms with Crippen LogP contribution in [0.3, 0.4) is 0 Å². The minimum atomic E-state index is -3.15. The average molecular weight is 437 g/mol. The van der Waals surface area contributed by atoms with Gasteiger partial charge in [0.15, 0.2) is 0 Å². The number of hydrogen-bond donors (Lipinski definition) is 1. The van der Waals surface area contributed by atoms with Gasteiger partial charge in [0.2, 0.25) is 0 Å². The summed E-state index contributed by atoms with van der Waals surface area (Å²) in [7, 11) is -1.51. The zero-order valence-electron chi connectivity index (χ0n) is 17.5. The van der Waals surface area contributed by atoms with Gasteiger partial charge in [-0.25, -0.2) is 13.4 Å². The highest BCUT2D eigenvalue weighted by molar-refractivity contribution is 7.90. The van der Waals surface area contributed by atoms with Gasteiger partial charge in [0.05, 0.1) is 29.6 Å². The quantitative estimate of drug-likeness (QED) is 0.639. The summed E-state index contributed by atoms with van der Waals surface area (Å²) in [6.45, 7) is 0.0810. The summed E-state index contributed by atoms with van der Waals surface area (Å²) in [6.07, 6.45) is 4.76. The van der Waals surface area contributed by atoms with Crippen molar-refractivity contribution in [3.05, 3.63) is 70.9 Å². The van der Waals surface area contributed by atoms with Crippen LogP contribution in [0.25, 0.3) is 22.6 Å². The summed E-state index contributed by atoms with van der Waals surface area (Å²) in [6, 6.07) is 15.4. The molecule has 0 spiro atoms. The van der Waals surface area contributed by atoms with Crippen LogP contribution in [0.4, 0.5) is 0 Å². The SMILES string of the molecule is COc1ccc(C=C2CCc3c2nc2ccccc2c3C(=O)NCCS(C)(=O)=O)cc1. The third-order valence-corrected chi connectivity index (χ3v) is 6.33. The first kappa shape index (κ1) is 21.1. The van der Waals surface area contributed by atoms with Crippen molar-refractivity contribution in [3.8, 4) is 5.75 Å². The Morgan fingerprint density at radius 1 is 1.13 bits per heavy atom. The highest BCUT2D eigenvalue weighted by Gasteiger charge is 2.26. The standard InChI is InChI=1S/C24H24N2O4S/c1-30-18-10-7-16(8-11-18)15-17-9-12-20-22(24(27)25-13-14-31(2,28)29)19-5-3-4-6-21(19)26-23(17)20/h3-8,10-11,15H,9,12-14H2,1-2H3,(H,25,27). The molecule has 1 aliphatic carbocycles. The molecule has 0 saturated heterocycles. The first-order valence-corrected chi connectivity index (χ1v) is 12.1. The summed E-state index contributed by atoms with van der Waals surface area (Å²) in [5.41, 5.74) is 5.20. The van der Waals surface area contributed by atoms with Gasteiger partial charge in [-0.15, -0.1) is 0 Å². The van der Waals surface area contributed by atoms with E-state index in [4.69, 9.17) is 9.72 Å². The molecule has 1 heterocycles. The highest BCUT2D eigenvalue weighted by Crippen LogP contribution is 2.37. The van der Waals surface area contributed by atoms with E-state index in [1.165, 1.54) is 0 Å². The fourth-order valence-electron chi connectivity index (χ4n) is 3.88. The Balaban J connectivity index is 1.74. The number of methoxy groups -OCH3 is 1. The fourth-order valence-corrected chi connectivity index (χ4v) is 4.35. The number of amides is 1. The molecular formula is C24H24N2O4S. The molecule has 1 aromatic heterocycles. The van der Waals surface area contributed by atoms with Crippen molar-refractivity contribution < 1.29 is 17.9 Å². The molecule has 0 saturated carbocycles. The van der Waals surface area contributed by atoms with E-state index >= 15 is 0 Å². The number of allylic oxidation sites excluding steroid dienone is 1. The Bertz CT molecular complexity index is 1280. The molecule has 1 aliphatic rings. The zero-order chi connectivity index (χ0) is 22.0. The molecule has 0 aliphatic heterocycles. The van der Waals surface area contributed by atoms with Crippen LogP contribution in [0.15, 0.2) is 48.5 Å². The van der Waals surface area contributed by atoms with E-state index in [-0.39, 0.29) is 18.2 Å².